The molecule has 1 aromatic rings. The maximum absolute atomic E-state index is 12.1. The van der Waals surface area contributed by atoms with Crippen molar-refractivity contribution in [1.82, 2.24) is 10.3 Å². The number of thiazole rings is 1. The van der Waals surface area contributed by atoms with E-state index in [1.54, 1.807) is 11.3 Å². The first kappa shape index (κ1) is 18.4. The third-order valence-electron chi connectivity index (χ3n) is 4.01. The van der Waals surface area contributed by atoms with Crippen LogP contribution in [0, 0.1) is 12.8 Å². The zero-order valence-corrected chi connectivity index (χ0v) is 14.4. The molecule has 6 heteroatoms. The van der Waals surface area contributed by atoms with Crippen LogP contribution in [0.1, 0.15) is 62.2 Å². The summed E-state index contributed by atoms with van der Waals surface area (Å²) in [4.78, 5) is 16.5. The number of nitrogens with one attached hydrogen (secondary N) is 1. The average molecular weight is 332 g/mol. The smallest absolute Gasteiger partial charge is 0.237 e. The number of nitrogens with two attached hydrogens (primary N) is 1. The predicted molar refractivity (Wildman–Crippen MR) is 89.8 cm³/mol. The molecule has 1 heterocycles. The average Bonchev–Trinajstić information content (AvgIpc) is 2.86. The molecule has 0 bridgehead atoms. The van der Waals surface area contributed by atoms with Gasteiger partial charge in [-0.3, -0.25) is 4.79 Å². The van der Waals surface area contributed by atoms with Crippen molar-refractivity contribution >= 4 is 29.7 Å². The maximum atomic E-state index is 12.1. The molecule has 0 aromatic carbocycles. The highest BCUT2D eigenvalue weighted by atomic mass is 35.5. The van der Waals surface area contributed by atoms with E-state index >= 15 is 0 Å². The van der Waals surface area contributed by atoms with E-state index in [0.29, 0.717) is 5.92 Å². The molecule has 1 aromatic heterocycles. The summed E-state index contributed by atoms with van der Waals surface area (Å²) in [6.45, 7) is 3.92. The molecule has 1 amide bonds. The third kappa shape index (κ3) is 5.57. The van der Waals surface area contributed by atoms with Crippen LogP contribution in [0.3, 0.4) is 0 Å². The molecule has 120 valence electrons. The lowest BCUT2D eigenvalue weighted by Gasteiger charge is -2.24. The minimum absolute atomic E-state index is 0. The number of hydrogen-bond acceptors (Lipinski definition) is 4. The lowest BCUT2D eigenvalue weighted by molar-refractivity contribution is -0.123. The molecule has 2 unspecified atom stereocenters. The summed E-state index contributed by atoms with van der Waals surface area (Å²) in [5.74, 6) is 0.581. The summed E-state index contributed by atoms with van der Waals surface area (Å²) in [5, 5.41) is 5.93. The Labute approximate surface area is 137 Å². The molecular formula is C15H26ClN3OS. The molecule has 0 radical (unpaired) electrons. The van der Waals surface area contributed by atoms with Gasteiger partial charge in [0.2, 0.25) is 5.91 Å². The van der Waals surface area contributed by atoms with E-state index in [0.717, 1.165) is 17.1 Å². The van der Waals surface area contributed by atoms with Gasteiger partial charge in [0.25, 0.3) is 0 Å². The number of halogens is 1. The second-order valence-electron chi connectivity index (χ2n) is 5.90. The first-order valence-electron chi connectivity index (χ1n) is 7.54. The summed E-state index contributed by atoms with van der Waals surface area (Å²) < 4.78 is 0. The molecule has 2 rings (SSSR count). The molecule has 1 aliphatic rings. The number of aromatic nitrogens is 1. The minimum atomic E-state index is -0.387. The van der Waals surface area contributed by atoms with Crippen LogP contribution in [0.4, 0.5) is 0 Å². The lowest BCUT2D eigenvalue weighted by Crippen LogP contribution is -2.42. The van der Waals surface area contributed by atoms with Crippen LogP contribution in [0.25, 0.3) is 0 Å². The largest absolute Gasteiger partial charge is 0.346 e. The number of nitrogens with zero attached hydrogens (tertiary/aromatic N) is 1. The first-order valence-corrected chi connectivity index (χ1v) is 8.42. The zero-order valence-electron chi connectivity index (χ0n) is 12.8. The van der Waals surface area contributed by atoms with E-state index in [1.807, 2.05) is 19.2 Å². The fourth-order valence-electron chi connectivity index (χ4n) is 2.84. The van der Waals surface area contributed by atoms with Gasteiger partial charge in [-0.1, -0.05) is 32.1 Å². The van der Waals surface area contributed by atoms with Gasteiger partial charge in [-0.2, -0.15) is 0 Å². The number of amides is 1. The zero-order chi connectivity index (χ0) is 14.5. The Morgan fingerprint density at radius 3 is 2.71 bits per heavy atom. The molecule has 1 saturated carbocycles. The first-order chi connectivity index (χ1) is 9.56. The van der Waals surface area contributed by atoms with Crippen LogP contribution < -0.4 is 11.1 Å². The fourth-order valence-corrected chi connectivity index (χ4v) is 3.65. The number of carbonyl (C=O) groups excluding carboxylic acids is 1. The standard InChI is InChI=1S/C15H25N3OS.ClH/c1-10-9-20-15(17-10)11(2)18-14(19)13(16)8-12-6-4-3-5-7-12;/h9,11-13H,3-8,16H2,1-2H3,(H,18,19);1H. The normalized spacial score (nSPS) is 18.6. The quantitative estimate of drug-likeness (QED) is 0.869. The molecule has 3 N–H and O–H groups in total. The highest BCUT2D eigenvalue weighted by Crippen LogP contribution is 2.27. The van der Waals surface area contributed by atoms with Crippen LogP contribution in [0.15, 0.2) is 5.38 Å². The molecule has 0 spiro atoms. The van der Waals surface area contributed by atoms with Crippen molar-refractivity contribution in [3.05, 3.63) is 16.1 Å². The molecule has 2 atom stereocenters. The van der Waals surface area contributed by atoms with Gasteiger partial charge in [-0.15, -0.1) is 23.7 Å². The van der Waals surface area contributed by atoms with Gasteiger partial charge >= 0.3 is 0 Å². The van der Waals surface area contributed by atoms with Gasteiger partial charge in [-0.25, -0.2) is 4.98 Å². The molecular weight excluding hydrogens is 306 g/mol. The monoisotopic (exact) mass is 331 g/mol. The Balaban J connectivity index is 0.00000220. The van der Waals surface area contributed by atoms with Crippen molar-refractivity contribution in [1.29, 1.82) is 0 Å². The molecule has 1 aliphatic carbocycles. The predicted octanol–water partition coefficient (Wildman–Crippen LogP) is 3.35. The molecule has 0 aliphatic heterocycles. The van der Waals surface area contributed by atoms with Gasteiger partial charge in [0.15, 0.2) is 0 Å². The van der Waals surface area contributed by atoms with Gasteiger partial charge in [0.1, 0.15) is 5.01 Å². The van der Waals surface area contributed by atoms with Crippen molar-refractivity contribution < 1.29 is 4.79 Å². The van der Waals surface area contributed by atoms with Crippen molar-refractivity contribution in [2.75, 3.05) is 0 Å². The van der Waals surface area contributed by atoms with Gasteiger partial charge < -0.3 is 11.1 Å². The van der Waals surface area contributed by atoms with E-state index in [9.17, 15) is 4.79 Å². The van der Waals surface area contributed by atoms with Crippen molar-refractivity contribution in [2.24, 2.45) is 11.7 Å². The van der Waals surface area contributed by atoms with E-state index in [1.165, 1.54) is 32.1 Å². The molecule has 1 fully saturated rings. The Morgan fingerprint density at radius 2 is 2.14 bits per heavy atom. The SMILES string of the molecule is Cc1csc(C(C)NC(=O)C(N)CC2CCCCC2)n1.Cl. The van der Waals surface area contributed by atoms with Crippen LogP contribution in [-0.4, -0.2) is 16.9 Å². The van der Waals surface area contributed by atoms with Crippen LogP contribution in [0.5, 0.6) is 0 Å². The second-order valence-corrected chi connectivity index (χ2v) is 6.79. The molecule has 0 saturated heterocycles. The number of carbonyl (C=O) groups is 1. The minimum Gasteiger partial charge on any atom is -0.346 e. The van der Waals surface area contributed by atoms with Crippen molar-refractivity contribution in [3.63, 3.8) is 0 Å². The van der Waals surface area contributed by atoms with Crippen molar-refractivity contribution in [2.45, 2.75) is 64.5 Å². The van der Waals surface area contributed by atoms with E-state index in [4.69, 9.17) is 5.73 Å². The van der Waals surface area contributed by atoms with E-state index in [-0.39, 0.29) is 30.4 Å². The summed E-state index contributed by atoms with van der Waals surface area (Å²) >= 11 is 1.58. The summed E-state index contributed by atoms with van der Waals surface area (Å²) in [6, 6.07) is -0.444. The maximum Gasteiger partial charge on any atom is 0.237 e. The molecule has 4 nitrogen and oxygen atoms in total. The Morgan fingerprint density at radius 1 is 1.48 bits per heavy atom. The van der Waals surface area contributed by atoms with Crippen molar-refractivity contribution in [3.8, 4) is 0 Å². The summed E-state index contributed by atoms with van der Waals surface area (Å²) in [6.07, 6.45) is 7.17. The van der Waals surface area contributed by atoms with Crippen LogP contribution in [-0.2, 0) is 4.79 Å². The van der Waals surface area contributed by atoms with Crippen LogP contribution in [0.2, 0.25) is 0 Å². The highest BCUT2D eigenvalue weighted by Gasteiger charge is 2.23. The third-order valence-corrected chi connectivity index (χ3v) is 5.16. The topological polar surface area (TPSA) is 68.0 Å². The fraction of sp³-hybridized carbons (Fsp3) is 0.733. The van der Waals surface area contributed by atoms with Gasteiger partial charge in [0, 0.05) is 11.1 Å². The Hall–Kier alpha value is -0.650. The number of hydrogen-bond donors (Lipinski definition) is 2. The highest BCUT2D eigenvalue weighted by molar-refractivity contribution is 7.09. The van der Waals surface area contributed by atoms with Gasteiger partial charge in [-0.05, 0) is 26.2 Å². The summed E-state index contributed by atoms with van der Waals surface area (Å²) in [7, 11) is 0. The molecule has 21 heavy (non-hydrogen) atoms. The second kappa shape index (κ2) is 8.71. The lowest BCUT2D eigenvalue weighted by atomic mass is 9.85. The van der Waals surface area contributed by atoms with Gasteiger partial charge in [0.05, 0.1) is 12.1 Å². The Bertz CT molecular complexity index is 446. The summed E-state index contributed by atoms with van der Waals surface area (Å²) in [5.41, 5.74) is 7.05. The van der Waals surface area contributed by atoms with E-state index in [2.05, 4.69) is 10.3 Å². The van der Waals surface area contributed by atoms with Crippen LogP contribution >= 0.6 is 23.7 Å². The number of aryl methyl sites for hydroxylation is 1. The number of rotatable bonds is 5. The Kier molecular flexibility index (Phi) is 7.63. The van der Waals surface area contributed by atoms with E-state index < -0.39 is 0 Å².